The van der Waals surface area contributed by atoms with Crippen LogP contribution < -0.4 is 5.32 Å². The molecule has 0 saturated heterocycles. The van der Waals surface area contributed by atoms with Crippen LogP contribution in [0.2, 0.25) is 0 Å². The number of nitrogens with one attached hydrogen (secondary N) is 1. The minimum atomic E-state index is -0.959. The van der Waals surface area contributed by atoms with E-state index in [4.69, 9.17) is 9.52 Å². The van der Waals surface area contributed by atoms with E-state index in [1.807, 2.05) is 19.1 Å². The second-order valence-electron chi connectivity index (χ2n) is 4.06. The molecule has 2 rings (SSSR count). The molecule has 5 heteroatoms. The van der Waals surface area contributed by atoms with Gasteiger partial charge in [-0.15, -0.1) is 0 Å². The van der Waals surface area contributed by atoms with E-state index in [0.717, 1.165) is 5.76 Å². The Kier molecular flexibility index (Phi) is 3.62. The summed E-state index contributed by atoms with van der Waals surface area (Å²) in [5, 5.41) is 12.0. The smallest absolute Gasteiger partial charge is 0.335 e. The first-order chi connectivity index (χ1) is 8.65. The van der Waals surface area contributed by atoms with Gasteiger partial charge in [0.1, 0.15) is 11.6 Å². The van der Waals surface area contributed by atoms with Gasteiger partial charge in [0.2, 0.25) is 0 Å². The van der Waals surface area contributed by atoms with Crippen molar-refractivity contribution >= 4 is 11.8 Å². The summed E-state index contributed by atoms with van der Waals surface area (Å²) in [5.41, 5.74) is 0.220. The molecule has 0 aliphatic rings. The lowest BCUT2D eigenvalue weighted by Gasteiger charge is -2.13. The molecule has 18 heavy (non-hydrogen) atoms. The fraction of sp³-hybridized carbons (Fsp3) is 0.231. The lowest BCUT2D eigenvalue weighted by atomic mass is 10.2. The number of rotatable bonds is 5. The SMILES string of the molecule is CC(Cc1ccco1)Nc1cc(C(=O)O)ccn1. The summed E-state index contributed by atoms with van der Waals surface area (Å²) in [4.78, 5) is 14.9. The first-order valence-electron chi connectivity index (χ1n) is 5.63. The van der Waals surface area contributed by atoms with Crippen LogP contribution in [0.5, 0.6) is 0 Å². The lowest BCUT2D eigenvalue weighted by molar-refractivity contribution is 0.0697. The molecule has 1 atom stereocenters. The van der Waals surface area contributed by atoms with Crippen molar-refractivity contribution in [2.75, 3.05) is 5.32 Å². The van der Waals surface area contributed by atoms with Crippen molar-refractivity contribution in [3.8, 4) is 0 Å². The molecule has 1 unspecified atom stereocenters. The van der Waals surface area contributed by atoms with Gasteiger partial charge in [0, 0.05) is 18.7 Å². The Morgan fingerprint density at radius 3 is 3.06 bits per heavy atom. The minimum Gasteiger partial charge on any atom is -0.478 e. The Hall–Kier alpha value is -2.30. The Labute approximate surface area is 104 Å². The largest absolute Gasteiger partial charge is 0.478 e. The number of anilines is 1. The zero-order chi connectivity index (χ0) is 13.0. The number of carboxylic acids is 1. The molecular weight excluding hydrogens is 232 g/mol. The van der Waals surface area contributed by atoms with Gasteiger partial charge in [0.05, 0.1) is 11.8 Å². The van der Waals surface area contributed by atoms with Gasteiger partial charge in [-0.05, 0) is 31.2 Å². The Bertz CT molecular complexity index is 523. The van der Waals surface area contributed by atoms with E-state index < -0.39 is 5.97 Å². The molecule has 94 valence electrons. The number of hydrogen-bond acceptors (Lipinski definition) is 4. The average molecular weight is 246 g/mol. The molecule has 2 aromatic rings. The molecular formula is C13H14N2O3. The zero-order valence-corrected chi connectivity index (χ0v) is 9.96. The summed E-state index contributed by atoms with van der Waals surface area (Å²) in [5.74, 6) is 0.470. The summed E-state index contributed by atoms with van der Waals surface area (Å²) < 4.78 is 5.25. The lowest BCUT2D eigenvalue weighted by Crippen LogP contribution is -2.18. The van der Waals surface area contributed by atoms with Crippen LogP contribution in [0, 0.1) is 0 Å². The van der Waals surface area contributed by atoms with Gasteiger partial charge < -0.3 is 14.8 Å². The molecule has 0 spiro atoms. The van der Waals surface area contributed by atoms with Crippen LogP contribution in [0.25, 0.3) is 0 Å². The second kappa shape index (κ2) is 5.35. The Morgan fingerprint density at radius 1 is 1.56 bits per heavy atom. The minimum absolute atomic E-state index is 0.104. The number of aromatic carboxylic acids is 1. The molecule has 0 saturated carbocycles. The molecule has 5 nitrogen and oxygen atoms in total. The van der Waals surface area contributed by atoms with E-state index in [0.29, 0.717) is 12.2 Å². The van der Waals surface area contributed by atoms with Crippen molar-refractivity contribution in [3.05, 3.63) is 48.0 Å². The third kappa shape index (κ3) is 3.10. The fourth-order valence-corrected chi connectivity index (χ4v) is 1.68. The fourth-order valence-electron chi connectivity index (χ4n) is 1.68. The van der Waals surface area contributed by atoms with Gasteiger partial charge in [0.25, 0.3) is 0 Å². The zero-order valence-electron chi connectivity index (χ0n) is 9.96. The van der Waals surface area contributed by atoms with E-state index in [1.54, 1.807) is 6.26 Å². The molecule has 0 aliphatic heterocycles. The maximum Gasteiger partial charge on any atom is 0.335 e. The highest BCUT2D eigenvalue weighted by molar-refractivity contribution is 5.88. The number of carbonyl (C=O) groups is 1. The molecule has 0 aromatic carbocycles. The van der Waals surface area contributed by atoms with Gasteiger partial charge >= 0.3 is 5.97 Å². The maximum absolute atomic E-state index is 10.8. The predicted octanol–water partition coefficient (Wildman–Crippen LogP) is 2.42. The highest BCUT2D eigenvalue weighted by atomic mass is 16.4. The number of aromatic nitrogens is 1. The molecule has 2 heterocycles. The van der Waals surface area contributed by atoms with E-state index in [-0.39, 0.29) is 11.6 Å². The average Bonchev–Trinajstić information content (AvgIpc) is 2.82. The van der Waals surface area contributed by atoms with Crippen LogP contribution in [-0.2, 0) is 6.42 Å². The van der Waals surface area contributed by atoms with Crippen molar-refractivity contribution in [2.24, 2.45) is 0 Å². The first kappa shape index (κ1) is 12.2. The number of pyridine rings is 1. The molecule has 0 fully saturated rings. The van der Waals surface area contributed by atoms with Gasteiger partial charge in [-0.25, -0.2) is 9.78 Å². The van der Waals surface area contributed by atoms with Crippen LogP contribution in [-0.4, -0.2) is 22.1 Å². The van der Waals surface area contributed by atoms with E-state index >= 15 is 0 Å². The molecule has 2 aromatic heterocycles. The molecule has 0 amide bonds. The van der Waals surface area contributed by atoms with Crippen LogP contribution in [0.4, 0.5) is 5.82 Å². The second-order valence-corrected chi connectivity index (χ2v) is 4.06. The molecule has 0 bridgehead atoms. The number of hydrogen-bond donors (Lipinski definition) is 2. The first-order valence-corrected chi connectivity index (χ1v) is 5.63. The molecule has 2 N–H and O–H groups in total. The van der Waals surface area contributed by atoms with Crippen molar-refractivity contribution in [1.29, 1.82) is 0 Å². The summed E-state index contributed by atoms with van der Waals surface area (Å²) in [7, 11) is 0. The van der Waals surface area contributed by atoms with Gasteiger partial charge in [-0.3, -0.25) is 0 Å². The summed E-state index contributed by atoms with van der Waals surface area (Å²) in [6.45, 7) is 1.98. The summed E-state index contributed by atoms with van der Waals surface area (Å²) in [6.07, 6.45) is 3.82. The summed E-state index contributed by atoms with van der Waals surface area (Å²) in [6, 6.07) is 6.82. The van der Waals surface area contributed by atoms with Crippen LogP contribution in [0.15, 0.2) is 41.1 Å². The van der Waals surface area contributed by atoms with E-state index in [1.165, 1.54) is 18.3 Å². The quantitative estimate of drug-likeness (QED) is 0.847. The third-order valence-corrected chi connectivity index (χ3v) is 2.49. The molecule has 0 radical (unpaired) electrons. The van der Waals surface area contributed by atoms with Crippen molar-refractivity contribution in [2.45, 2.75) is 19.4 Å². The number of nitrogens with zero attached hydrogens (tertiary/aromatic N) is 1. The highest BCUT2D eigenvalue weighted by Gasteiger charge is 2.08. The van der Waals surface area contributed by atoms with Gasteiger partial charge in [-0.2, -0.15) is 0 Å². The van der Waals surface area contributed by atoms with Crippen molar-refractivity contribution in [3.63, 3.8) is 0 Å². The van der Waals surface area contributed by atoms with Gasteiger partial charge in [-0.1, -0.05) is 0 Å². The Morgan fingerprint density at radius 2 is 2.39 bits per heavy atom. The van der Waals surface area contributed by atoms with Gasteiger partial charge in [0.15, 0.2) is 0 Å². The van der Waals surface area contributed by atoms with Crippen LogP contribution in [0.3, 0.4) is 0 Å². The van der Waals surface area contributed by atoms with Crippen molar-refractivity contribution in [1.82, 2.24) is 4.98 Å². The van der Waals surface area contributed by atoms with E-state index in [2.05, 4.69) is 10.3 Å². The normalized spacial score (nSPS) is 12.1. The van der Waals surface area contributed by atoms with Crippen LogP contribution >= 0.6 is 0 Å². The van der Waals surface area contributed by atoms with E-state index in [9.17, 15) is 4.79 Å². The molecule has 0 aliphatic carbocycles. The standard InChI is InChI=1S/C13H14N2O3/c1-9(7-11-3-2-6-18-11)15-12-8-10(13(16)17)4-5-14-12/h2-6,8-9H,7H2,1H3,(H,14,15)(H,16,17). The third-order valence-electron chi connectivity index (χ3n) is 2.49. The van der Waals surface area contributed by atoms with Crippen LogP contribution in [0.1, 0.15) is 23.0 Å². The number of furan rings is 1. The van der Waals surface area contributed by atoms with Crippen molar-refractivity contribution < 1.29 is 14.3 Å². The monoisotopic (exact) mass is 246 g/mol. The maximum atomic E-state index is 10.8. The summed E-state index contributed by atoms with van der Waals surface area (Å²) >= 11 is 0. The predicted molar refractivity (Wildman–Crippen MR) is 66.7 cm³/mol. The Balaban J connectivity index is 2.00. The topological polar surface area (TPSA) is 75.4 Å². The number of carboxylic acid groups (broad SMARTS) is 1. The highest BCUT2D eigenvalue weighted by Crippen LogP contribution is 2.11.